The first-order chi connectivity index (χ1) is 11.6. The molecule has 1 aliphatic heterocycles. The van der Waals surface area contributed by atoms with Crippen molar-refractivity contribution in [3.05, 3.63) is 41.5 Å². The third-order valence-corrected chi connectivity index (χ3v) is 5.25. The van der Waals surface area contributed by atoms with Gasteiger partial charge in [0.2, 0.25) is 0 Å². The summed E-state index contributed by atoms with van der Waals surface area (Å²) < 4.78 is 0. The molecule has 0 radical (unpaired) electrons. The van der Waals surface area contributed by atoms with Gasteiger partial charge in [0.25, 0.3) is 0 Å². The van der Waals surface area contributed by atoms with E-state index in [0.717, 1.165) is 25.9 Å². The molecular formula is C20H30Cl2N2O2. The van der Waals surface area contributed by atoms with E-state index in [1.54, 1.807) is 0 Å². The summed E-state index contributed by atoms with van der Waals surface area (Å²) in [5.41, 5.74) is 2.75. The maximum atomic E-state index is 10.6. The Labute approximate surface area is 168 Å². The minimum atomic E-state index is -0.697. The SMILES string of the molecule is CC(=Cc1ccccc1)[C@@H]1C[C@H]1NC1CCN(CCC(=O)O)CC1.Cl.Cl. The van der Waals surface area contributed by atoms with E-state index in [0.29, 0.717) is 24.5 Å². The Balaban J connectivity index is 0.00000169. The Kier molecular flexibility index (Phi) is 9.66. The van der Waals surface area contributed by atoms with Crippen molar-refractivity contribution in [3.8, 4) is 0 Å². The first kappa shape index (κ1) is 23.0. The van der Waals surface area contributed by atoms with Gasteiger partial charge in [-0.2, -0.15) is 0 Å². The summed E-state index contributed by atoms with van der Waals surface area (Å²) in [6, 6.07) is 11.7. The number of carboxylic acids is 1. The lowest BCUT2D eigenvalue weighted by Gasteiger charge is -2.32. The fraction of sp³-hybridized carbons (Fsp3) is 0.550. The molecule has 146 valence electrons. The Hall–Kier alpha value is -1.07. The van der Waals surface area contributed by atoms with Crippen LogP contribution < -0.4 is 5.32 Å². The quantitative estimate of drug-likeness (QED) is 0.729. The lowest BCUT2D eigenvalue weighted by Crippen LogP contribution is -2.44. The molecule has 2 fully saturated rings. The molecule has 1 saturated carbocycles. The molecule has 1 aromatic carbocycles. The highest BCUT2D eigenvalue weighted by Gasteiger charge is 2.39. The third kappa shape index (κ3) is 6.92. The number of rotatable bonds is 7. The molecule has 1 aliphatic carbocycles. The number of nitrogens with one attached hydrogen (secondary N) is 1. The summed E-state index contributed by atoms with van der Waals surface area (Å²) in [6.45, 7) is 4.96. The molecule has 0 aromatic heterocycles. The summed E-state index contributed by atoms with van der Waals surface area (Å²) in [7, 11) is 0. The number of likely N-dealkylation sites (tertiary alicyclic amines) is 1. The van der Waals surface area contributed by atoms with Crippen LogP contribution in [0.25, 0.3) is 6.08 Å². The molecule has 3 rings (SSSR count). The van der Waals surface area contributed by atoms with Crippen molar-refractivity contribution in [1.82, 2.24) is 10.2 Å². The van der Waals surface area contributed by atoms with Crippen LogP contribution in [0.2, 0.25) is 0 Å². The monoisotopic (exact) mass is 400 g/mol. The van der Waals surface area contributed by atoms with Crippen molar-refractivity contribution >= 4 is 36.9 Å². The number of piperidine rings is 1. The van der Waals surface area contributed by atoms with Gasteiger partial charge in [-0.05, 0) is 50.8 Å². The van der Waals surface area contributed by atoms with E-state index in [4.69, 9.17) is 5.11 Å². The summed E-state index contributed by atoms with van der Waals surface area (Å²) in [5.74, 6) is -0.0213. The van der Waals surface area contributed by atoms with Crippen molar-refractivity contribution in [2.45, 2.75) is 44.7 Å². The molecule has 1 heterocycles. The predicted octanol–water partition coefficient (Wildman–Crippen LogP) is 3.85. The van der Waals surface area contributed by atoms with Crippen LogP contribution in [0.15, 0.2) is 35.9 Å². The number of nitrogens with zero attached hydrogens (tertiary/aromatic N) is 1. The molecule has 4 nitrogen and oxygen atoms in total. The lowest BCUT2D eigenvalue weighted by atomic mass is 10.0. The fourth-order valence-corrected chi connectivity index (χ4v) is 3.68. The van der Waals surface area contributed by atoms with Gasteiger partial charge in [0.1, 0.15) is 0 Å². The van der Waals surface area contributed by atoms with E-state index in [-0.39, 0.29) is 31.2 Å². The minimum absolute atomic E-state index is 0. The van der Waals surface area contributed by atoms with Crippen LogP contribution in [0.5, 0.6) is 0 Å². The molecule has 2 N–H and O–H groups in total. The van der Waals surface area contributed by atoms with Gasteiger partial charge in [-0.25, -0.2) is 0 Å². The Morgan fingerprint density at radius 2 is 1.88 bits per heavy atom. The van der Waals surface area contributed by atoms with E-state index in [1.165, 1.54) is 17.6 Å². The molecule has 1 saturated heterocycles. The maximum absolute atomic E-state index is 10.6. The molecule has 0 unspecified atom stereocenters. The topological polar surface area (TPSA) is 52.6 Å². The maximum Gasteiger partial charge on any atom is 0.304 e. The summed E-state index contributed by atoms with van der Waals surface area (Å²) in [5, 5.41) is 12.6. The first-order valence-electron chi connectivity index (χ1n) is 9.05. The van der Waals surface area contributed by atoms with Crippen LogP contribution >= 0.6 is 24.8 Å². The van der Waals surface area contributed by atoms with Crippen LogP contribution in [0, 0.1) is 5.92 Å². The third-order valence-electron chi connectivity index (χ3n) is 5.25. The number of carboxylic acid groups (broad SMARTS) is 1. The van der Waals surface area contributed by atoms with Crippen LogP contribution in [0.3, 0.4) is 0 Å². The molecule has 0 amide bonds. The Morgan fingerprint density at radius 3 is 2.50 bits per heavy atom. The van der Waals surface area contributed by atoms with E-state index in [2.05, 4.69) is 53.5 Å². The van der Waals surface area contributed by atoms with Gasteiger partial charge >= 0.3 is 5.97 Å². The number of hydrogen-bond acceptors (Lipinski definition) is 3. The predicted molar refractivity (Wildman–Crippen MR) is 111 cm³/mol. The molecule has 0 bridgehead atoms. The zero-order valence-electron chi connectivity index (χ0n) is 15.3. The number of halogens is 2. The van der Waals surface area contributed by atoms with Crippen molar-refractivity contribution in [1.29, 1.82) is 0 Å². The van der Waals surface area contributed by atoms with E-state index in [1.807, 2.05) is 0 Å². The zero-order chi connectivity index (χ0) is 16.9. The summed E-state index contributed by atoms with van der Waals surface area (Å²) in [4.78, 5) is 12.9. The van der Waals surface area contributed by atoms with Crippen LogP contribution in [0.1, 0.15) is 38.2 Å². The van der Waals surface area contributed by atoms with E-state index in [9.17, 15) is 4.79 Å². The van der Waals surface area contributed by atoms with Crippen LogP contribution in [-0.2, 0) is 4.79 Å². The Bertz CT molecular complexity index is 587. The van der Waals surface area contributed by atoms with Crippen molar-refractivity contribution in [2.24, 2.45) is 5.92 Å². The number of aliphatic carboxylic acids is 1. The van der Waals surface area contributed by atoms with Gasteiger partial charge in [0.05, 0.1) is 6.42 Å². The van der Waals surface area contributed by atoms with Gasteiger partial charge < -0.3 is 15.3 Å². The van der Waals surface area contributed by atoms with Crippen LogP contribution in [0.4, 0.5) is 0 Å². The number of carbonyl (C=O) groups is 1. The van der Waals surface area contributed by atoms with Crippen molar-refractivity contribution in [3.63, 3.8) is 0 Å². The number of benzene rings is 1. The first-order valence-corrected chi connectivity index (χ1v) is 9.05. The second-order valence-corrected chi connectivity index (χ2v) is 7.17. The highest BCUT2D eigenvalue weighted by Crippen LogP contribution is 2.38. The summed E-state index contributed by atoms with van der Waals surface area (Å²) >= 11 is 0. The highest BCUT2D eigenvalue weighted by atomic mass is 35.5. The molecule has 0 spiro atoms. The standard InChI is InChI=1S/C20H28N2O2.2ClH/c1-15(13-16-5-3-2-4-6-16)18-14-19(18)21-17-7-10-22(11-8-17)12-9-20(23)24;;/h2-6,13,17-19,21H,7-12,14H2,1H3,(H,23,24);2*1H/t18-,19+;;/m0../s1. The molecule has 2 aliphatic rings. The smallest absolute Gasteiger partial charge is 0.304 e. The Morgan fingerprint density at radius 1 is 1.23 bits per heavy atom. The number of hydrogen-bond donors (Lipinski definition) is 2. The molecule has 6 heteroatoms. The second-order valence-electron chi connectivity index (χ2n) is 7.17. The van der Waals surface area contributed by atoms with Crippen molar-refractivity contribution < 1.29 is 9.90 Å². The average Bonchev–Trinajstić information content (AvgIpc) is 3.34. The average molecular weight is 401 g/mol. The van der Waals surface area contributed by atoms with Gasteiger partial charge in [-0.15, -0.1) is 24.8 Å². The molecule has 1 aromatic rings. The zero-order valence-corrected chi connectivity index (χ0v) is 16.9. The minimum Gasteiger partial charge on any atom is -0.481 e. The van der Waals surface area contributed by atoms with E-state index >= 15 is 0 Å². The summed E-state index contributed by atoms with van der Waals surface area (Å²) in [6.07, 6.45) is 6.07. The molecular weight excluding hydrogens is 371 g/mol. The fourth-order valence-electron chi connectivity index (χ4n) is 3.68. The molecule has 26 heavy (non-hydrogen) atoms. The van der Waals surface area contributed by atoms with Gasteiger partial charge in [0, 0.05) is 18.6 Å². The van der Waals surface area contributed by atoms with Gasteiger partial charge in [-0.3, -0.25) is 4.79 Å². The van der Waals surface area contributed by atoms with Crippen molar-refractivity contribution in [2.75, 3.05) is 19.6 Å². The molecule has 2 atom stereocenters. The van der Waals surface area contributed by atoms with Crippen LogP contribution in [-0.4, -0.2) is 47.7 Å². The van der Waals surface area contributed by atoms with Gasteiger partial charge in [0.15, 0.2) is 0 Å². The normalized spacial score (nSPS) is 23.7. The largest absolute Gasteiger partial charge is 0.481 e. The van der Waals surface area contributed by atoms with E-state index < -0.39 is 5.97 Å². The second kappa shape index (κ2) is 10.9. The highest BCUT2D eigenvalue weighted by molar-refractivity contribution is 5.85. The van der Waals surface area contributed by atoms with Gasteiger partial charge in [-0.1, -0.05) is 42.0 Å². The lowest BCUT2D eigenvalue weighted by molar-refractivity contribution is -0.137.